The molecule has 0 atom stereocenters. The number of hydrogen-bond donors (Lipinski definition) is 1. The molecule has 1 heterocycles. The largest absolute Gasteiger partial charge is 0.464 e. The van der Waals surface area contributed by atoms with Gasteiger partial charge in [0, 0.05) is 31.8 Å². The molecule has 144 valence electrons. The molecule has 1 aromatic rings. The van der Waals surface area contributed by atoms with Crippen LogP contribution in [0.4, 0.5) is 0 Å². The molecule has 1 N–H and O–H groups in total. The van der Waals surface area contributed by atoms with Crippen molar-refractivity contribution in [2.24, 2.45) is 7.05 Å². The molecule has 1 aliphatic carbocycles. The van der Waals surface area contributed by atoms with E-state index in [1.54, 1.807) is 13.8 Å². The molecule has 0 bridgehead atoms. The molecule has 7 heteroatoms. The fraction of sp³-hybridized carbons (Fsp3) is 0.632. The van der Waals surface area contributed by atoms with Gasteiger partial charge >= 0.3 is 11.9 Å². The van der Waals surface area contributed by atoms with E-state index in [1.807, 2.05) is 17.7 Å². The van der Waals surface area contributed by atoms with Crippen LogP contribution in [0.5, 0.6) is 0 Å². The van der Waals surface area contributed by atoms with E-state index in [4.69, 9.17) is 9.47 Å². The highest BCUT2D eigenvalue weighted by Crippen LogP contribution is 2.27. The SMILES string of the molecule is CCOC(=O)C(Cc1cc2c(n1C)CCCC2)(NC(C)=O)C(=O)OCC. The molecule has 7 nitrogen and oxygen atoms in total. The summed E-state index contributed by atoms with van der Waals surface area (Å²) < 4.78 is 12.3. The van der Waals surface area contributed by atoms with Crippen molar-refractivity contribution < 1.29 is 23.9 Å². The summed E-state index contributed by atoms with van der Waals surface area (Å²) in [6.07, 6.45) is 4.20. The Morgan fingerprint density at radius 2 is 1.69 bits per heavy atom. The zero-order valence-electron chi connectivity index (χ0n) is 16.0. The first kappa shape index (κ1) is 20.0. The lowest BCUT2D eigenvalue weighted by molar-refractivity contribution is -0.168. The molecule has 2 rings (SSSR count). The van der Waals surface area contributed by atoms with Gasteiger partial charge in [-0.2, -0.15) is 0 Å². The van der Waals surface area contributed by atoms with Crippen LogP contribution in [0.15, 0.2) is 6.07 Å². The van der Waals surface area contributed by atoms with Crippen LogP contribution in [-0.2, 0) is 50.2 Å². The Labute approximate surface area is 154 Å². The third kappa shape index (κ3) is 3.92. The van der Waals surface area contributed by atoms with E-state index in [9.17, 15) is 14.4 Å². The number of carbonyl (C=O) groups is 3. The number of carbonyl (C=O) groups excluding carboxylic acids is 3. The van der Waals surface area contributed by atoms with E-state index >= 15 is 0 Å². The summed E-state index contributed by atoms with van der Waals surface area (Å²) in [5, 5.41) is 2.52. The smallest absolute Gasteiger partial charge is 0.344 e. The molecular weight excluding hydrogens is 336 g/mol. The van der Waals surface area contributed by atoms with Crippen molar-refractivity contribution in [1.82, 2.24) is 9.88 Å². The molecule has 0 saturated carbocycles. The Morgan fingerprint density at radius 1 is 1.12 bits per heavy atom. The summed E-state index contributed by atoms with van der Waals surface area (Å²) in [5.41, 5.74) is 1.37. The van der Waals surface area contributed by atoms with Crippen molar-refractivity contribution in [1.29, 1.82) is 0 Å². The Balaban J connectivity index is 2.48. The monoisotopic (exact) mass is 364 g/mol. The number of amides is 1. The number of nitrogens with zero attached hydrogens (tertiary/aromatic N) is 1. The van der Waals surface area contributed by atoms with Gasteiger partial charge in [-0.25, -0.2) is 9.59 Å². The molecule has 26 heavy (non-hydrogen) atoms. The van der Waals surface area contributed by atoms with Gasteiger partial charge in [-0.05, 0) is 51.2 Å². The third-order valence-corrected chi connectivity index (χ3v) is 4.74. The minimum atomic E-state index is -1.88. The molecule has 1 amide bonds. The molecule has 0 spiro atoms. The average molecular weight is 364 g/mol. The van der Waals surface area contributed by atoms with Crippen molar-refractivity contribution in [2.75, 3.05) is 13.2 Å². The molecule has 0 aromatic carbocycles. The van der Waals surface area contributed by atoms with Gasteiger partial charge < -0.3 is 19.4 Å². The van der Waals surface area contributed by atoms with Crippen molar-refractivity contribution in [2.45, 2.75) is 58.4 Å². The molecule has 1 aliphatic rings. The highest BCUT2D eigenvalue weighted by molar-refractivity contribution is 6.08. The van der Waals surface area contributed by atoms with Crippen LogP contribution in [0.2, 0.25) is 0 Å². The molecule has 0 unspecified atom stereocenters. The Kier molecular flexibility index (Phi) is 6.45. The second-order valence-electron chi connectivity index (χ2n) is 6.58. The predicted octanol–water partition coefficient (Wildman–Crippen LogP) is 1.45. The second kappa shape index (κ2) is 8.38. The van der Waals surface area contributed by atoms with Crippen LogP contribution in [0.3, 0.4) is 0 Å². The number of hydrogen-bond acceptors (Lipinski definition) is 5. The summed E-state index contributed by atoms with van der Waals surface area (Å²) in [6.45, 7) is 4.78. The van der Waals surface area contributed by atoms with E-state index in [1.165, 1.54) is 18.2 Å². The molecule has 0 fully saturated rings. The van der Waals surface area contributed by atoms with Gasteiger partial charge in [-0.3, -0.25) is 4.79 Å². The Bertz CT molecular complexity index is 674. The first-order valence-electron chi connectivity index (χ1n) is 9.15. The van der Waals surface area contributed by atoms with E-state index in [-0.39, 0.29) is 19.6 Å². The number of rotatable bonds is 7. The number of nitrogens with one attached hydrogen (secondary N) is 1. The van der Waals surface area contributed by atoms with Crippen molar-refractivity contribution in [3.8, 4) is 0 Å². The number of ether oxygens (including phenoxy) is 2. The summed E-state index contributed by atoms with van der Waals surface area (Å²) in [5.74, 6) is -2.09. The van der Waals surface area contributed by atoms with Gasteiger partial charge in [-0.1, -0.05) is 0 Å². The number of fused-ring (bicyclic) bond motifs is 1. The highest BCUT2D eigenvalue weighted by atomic mass is 16.6. The Hall–Kier alpha value is -2.31. The maximum atomic E-state index is 12.7. The minimum absolute atomic E-state index is 0.00620. The quantitative estimate of drug-likeness (QED) is 0.584. The topological polar surface area (TPSA) is 86.6 Å². The molecular formula is C19H28N2O5. The lowest BCUT2D eigenvalue weighted by Gasteiger charge is -2.30. The van der Waals surface area contributed by atoms with E-state index in [2.05, 4.69) is 5.32 Å². The fourth-order valence-electron chi connectivity index (χ4n) is 3.55. The van der Waals surface area contributed by atoms with Crippen LogP contribution < -0.4 is 5.32 Å². The molecule has 1 aromatic heterocycles. The van der Waals surface area contributed by atoms with Gasteiger partial charge in [0.15, 0.2) is 0 Å². The highest BCUT2D eigenvalue weighted by Gasteiger charge is 2.50. The first-order chi connectivity index (χ1) is 12.4. The third-order valence-electron chi connectivity index (χ3n) is 4.74. The van der Waals surface area contributed by atoms with E-state index in [0.29, 0.717) is 0 Å². The second-order valence-corrected chi connectivity index (χ2v) is 6.58. The van der Waals surface area contributed by atoms with Gasteiger partial charge in [0.25, 0.3) is 0 Å². The summed E-state index contributed by atoms with van der Waals surface area (Å²) >= 11 is 0. The van der Waals surface area contributed by atoms with Crippen LogP contribution in [-0.4, -0.2) is 41.2 Å². The average Bonchev–Trinajstić information content (AvgIpc) is 2.90. The zero-order chi connectivity index (χ0) is 19.3. The zero-order valence-corrected chi connectivity index (χ0v) is 16.0. The van der Waals surface area contributed by atoms with Gasteiger partial charge in [-0.15, -0.1) is 0 Å². The van der Waals surface area contributed by atoms with Crippen molar-refractivity contribution >= 4 is 17.8 Å². The summed E-state index contributed by atoms with van der Waals surface area (Å²) in [7, 11) is 1.92. The van der Waals surface area contributed by atoms with Crippen LogP contribution >= 0.6 is 0 Å². The van der Waals surface area contributed by atoms with Crippen LogP contribution in [0.25, 0.3) is 0 Å². The standard InChI is InChI=1S/C19H28N2O5/c1-5-25-17(23)19(20-13(3)22,18(24)26-6-2)12-15-11-14-9-7-8-10-16(14)21(15)4/h11H,5-10,12H2,1-4H3,(H,20,22). The number of aryl methyl sites for hydroxylation is 1. The molecule has 0 saturated heterocycles. The number of aromatic nitrogens is 1. The van der Waals surface area contributed by atoms with Gasteiger partial charge in [0.1, 0.15) is 0 Å². The van der Waals surface area contributed by atoms with Crippen LogP contribution in [0, 0.1) is 0 Å². The van der Waals surface area contributed by atoms with E-state index < -0.39 is 23.4 Å². The van der Waals surface area contributed by atoms with Crippen LogP contribution in [0.1, 0.15) is 50.6 Å². The van der Waals surface area contributed by atoms with Crippen molar-refractivity contribution in [3.05, 3.63) is 23.0 Å². The summed E-state index contributed by atoms with van der Waals surface area (Å²) in [4.78, 5) is 37.3. The molecule has 0 aliphatic heterocycles. The minimum Gasteiger partial charge on any atom is -0.464 e. The lowest BCUT2D eigenvalue weighted by atomic mass is 9.92. The lowest BCUT2D eigenvalue weighted by Crippen LogP contribution is -2.62. The molecule has 0 radical (unpaired) electrons. The van der Waals surface area contributed by atoms with Gasteiger partial charge in [0.2, 0.25) is 11.4 Å². The normalized spacial score (nSPS) is 13.7. The van der Waals surface area contributed by atoms with Crippen molar-refractivity contribution in [3.63, 3.8) is 0 Å². The van der Waals surface area contributed by atoms with Gasteiger partial charge in [0.05, 0.1) is 13.2 Å². The van der Waals surface area contributed by atoms with E-state index in [0.717, 1.165) is 31.4 Å². The Morgan fingerprint density at radius 3 is 2.19 bits per heavy atom. The number of esters is 2. The maximum absolute atomic E-state index is 12.7. The summed E-state index contributed by atoms with van der Waals surface area (Å²) in [6, 6.07) is 2.02. The maximum Gasteiger partial charge on any atom is 0.344 e. The fourth-order valence-corrected chi connectivity index (χ4v) is 3.55. The first-order valence-corrected chi connectivity index (χ1v) is 9.15. The predicted molar refractivity (Wildman–Crippen MR) is 95.6 cm³/mol.